The van der Waals surface area contributed by atoms with Crippen LogP contribution >= 0.6 is 0 Å². The monoisotopic (exact) mass is 429 g/mol. The van der Waals surface area contributed by atoms with Crippen molar-refractivity contribution in [1.29, 1.82) is 0 Å². The number of carboxylic acid groups (broad SMARTS) is 1. The van der Waals surface area contributed by atoms with Gasteiger partial charge in [-0.05, 0) is 25.0 Å². The molecule has 0 bridgehead atoms. The highest BCUT2D eigenvalue weighted by atomic mass is 16.6. The van der Waals surface area contributed by atoms with Crippen LogP contribution in [0.2, 0.25) is 0 Å². The fraction of sp³-hybridized carbons (Fsp3) is 0.450. The van der Waals surface area contributed by atoms with Crippen molar-refractivity contribution in [1.82, 2.24) is 9.97 Å². The van der Waals surface area contributed by atoms with Crippen LogP contribution in [-0.2, 0) is 9.53 Å². The summed E-state index contributed by atoms with van der Waals surface area (Å²) >= 11 is 0. The van der Waals surface area contributed by atoms with Crippen LogP contribution in [0.3, 0.4) is 0 Å². The Kier molecular flexibility index (Phi) is 6.12. The number of morpholine rings is 1. The molecule has 0 unspecified atom stereocenters. The topological polar surface area (TPSA) is 131 Å². The molecule has 3 heterocycles. The number of ether oxygens (including phenoxy) is 2. The highest BCUT2D eigenvalue weighted by Gasteiger charge is 2.32. The van der Waals surface area contributed by atoms with Crippen molar-refractivity contribution in [2.75, 3.05) is 49.2 Å². The fourth-order valence-corrected chi connectivity index (χ4v) is 3.83. The lowest BCUT2D eigenvalue weighted by Gasteiger charge is -2.30. The molecule has 2 fully saturated rings. The third-order valence-corrected chi connectivity index (χ3v) is 5.50. The molecule has 0 amide bonds. The van der Waals surface area contributed by atoms with Crippen molar-refractivity contribution < 1.29 is 24.3 Å². The second kappa shape index (κ2) is 9.13. The first-order chi connectivity index (χ1) is 15.0. The van der Waals surface area contributed by atoms with Gasteiger partial charge in [-0.3, -0.25) is 14.9 Å². The van der Waals surface area contributed by atoms with Crippen molar-refractivity contribution in [2.24, 2.45) is 5.92 Å². The first kappa shape index (κ1) is 20.8. The maximum absolute atomic E-state index is 11.9. The van der Waals surface area contributed by atoms with E-state index in [4.69, 9.17) is 9.47 Å². The van der Waals surface area contributed by atoms with Crippen molar-refractivity contribution in [3.05, 3.63) is 40.7 Å². The molecule has 31 heavy (non-hydrogen) atoms. The molecule has 1 N–H and O–H groups in total. The van der Waals surface area contributed by atoms with Crippen LogP contribution in [0.4, 0.5) is 17.2 Å². The number of anilines is 2. The minimum Gasteiger partial charge on any atom is -0.481 e. The molecule has 11 heteroatoms. The van der Waals surface area contributed by atoms with Crippen molar-refractivity contribution in [3.63, 3.8) is 0 Å². The number of nitro groups is 1. The van der Waals surface area contributed by atoms with E-state index in [0.29, 0.717) is 44.9 Å². The SMILES string of the molecule is O=C(O)C1CCN(c2ncnc(Oc3cccc(N4CCOCC4)c3)c2[N+](=O)[O-])CC1. The van der Waals surface area contributed by atoms with Crippen LogP contribution in [0.15, 0.2) is 30.6 Å². The van der Waals surface area contributed by atoms with Crippen LogP contribution < -0.4 is 14.5 Å². The summed E-state index contributed by atoms with van der Waals surface area (Å²) in [6, 6.07) is 7.30. The minimum atomic E-state index is -0.846. The molecule has 11 nitrogen and oxygen atoms in total. The number of carbonyl (C=O) groups is 1. The van der Waals surface area contributed by atoms with Gasteiger partial charge in [-0.25, -0.2) is 4.98 Å². The van der Waals surface area contributed by atoms with Crippen LogP contribution in [0.5, 0.6) is 11.6 Å². The number of benzene rings is 1. The number of aliphatic carboxylic acids is 1. The summed E-state index contributed by atoms with van der Waals surface area (Å²) in [5.74, 6) is -0.865. The van der Waals surface area contributed by atoms with Gasteiger partial charge in [0.05, 0.1) is 24.1 Å². The van der Waals surface area contributed by atoms with E-state index >= 15 is 0 Å². The molecule has 0 radical (unpaired) electrons. The summed E-state index contributed by atoms with van der Waals surface area (Å²) in [6.45, 7) is 3.53. The summed E-state index contributed by atoms with van der Waals surface area (Å²) in [4.78, 5) is 34.5. The number of rotatable bonds is 6. The van der Waals surface area contributed by atoms with Gasteiger partial charge in [0.15, 0.2) is 0 Å². The van der Waals surface area contributed by atoms with E-state index < -0.39 is 16.8 Å². The Morgan fingerprint density at radius 2 is 1.90 bits per heavy atom. The van der Waals surface area contributed by atoms with Crippen molar-refractivity contribution >= 4 is 23.2 Å². The molecule has 4 rings (SSSR count). The largest absolute Gasteiger partial charge is 0.481 e. The van der Waals surface area contributed by atoms with Gasteiger partial charge in [0.2, 0.25) is 5.82 Å². The lowest BCUT2D eigenvalue weighted by Crippen LogP contribution is -2.37. The lowest BCUT2D eigenvalue weighted by atomic mass is 9.97. The normalized spacial score (nSPS) is 17.4. The summed E-state index contributed by atoms with van der Waals surface area (Å²) < 4.78 is 11.2. The zero-order chi connectivity index (χ0) is 21.8. The molecule has 1 aromatic heterocycles. The molecule has 164 valence electrons. The van der Waals surface area contributed by atoms with Gasteiger partial charge in [0, 0.05) is 37.9 Å². The number of aromatic nitrogens is 2. The van der Waals surface area contributed by atoms with E-state index in [1.165, 1.54) is 6.33 Å². The first-order valence-corrected chi connectivity index (χ1v) is 10.1. The highest BCUT2D eigenvalue weighted by Crippen LogP contribution is 2.38. The Hall–Kier alpha value is -3.47. The summed E-state index contributed by atoms with van der Waals surface area (Å²) in [7, 11) is 0. The van der Waals surface area contributed by atoms with E-state index in [9.17, 15) is 20.0 Å². The van der Waals surface area contributed by atoms with Crippen LogP contribution in [0.25, 0.3) is 0 Å². The Bertz CT molecular complexity index is 957. The number of carboxylic acids is 1. The van der Waals surface area contributed by atoms with E-state index in [1.807, 2.05) is 18.2 Å². The maximum atomic E-state index is 11.9. The number of piperidine rings is 1. The van der Waals surface area contributed by atoms with Gasteiger partial charge in [0.25, 0.3) is 0 Å². The highest BCUT2D eigenvalue weighted by molar-refractivity contribution is 5.71. The molecule has 2 aliphatic rings. The lowest BCUT2D eigenvalue weighted by molar-refractivity contribution is -0.385. The van der Waals surface area contributed by atoms with E-state index in [2.05, 4.69) is 14.9 Å². The predicted molar refractivity (Wildman–Crippen MR) is 111 cm³/mol. The smallest absolute Gasteiger partial charge is 0.373 e. The van der Waals surface area contributed by atoms with Crippen LogP contribution in [0, 0.1) is 16.0 Å². The third-order valence-electron chi connectivity index (χ3n) is 5.50. The van der Waals surface area contributed by atoms with E-state index in [1.54, 1.807) is 11.0 Å². The minimum absolute atomic E-state index is 0.142. The second-order valence-electron chi connectivity index (χ2n) is 7.41. The second-order valence-corrected chi connectivity index (χ2v) is 7.41. The van der Waals surface area contributed by atoms with Gasteiger partial charge in [-0.15, -0.1) is 0 Å². The average Bonchev–Trinajstić information content (AvgIpc) is 2.79. The maximum Gasteiger partial charge on any atom is 0.373 e. The van der Waals surface area contributed by atoms with Crippen LogP contribution in [0.1, 0.15) is 12.8 Å². The van der Waals surface area contributed by atoms with Gasteiger partial charge in [0.1, 0.15) is 12.1 Å². The quantitative estimate of drug-likeness (QED) is 0.539. The number of hydrogen-bond acceptors (Lipinski definition) is 9. The van der Waals surface area contributed by atoms with Gasteiger partial charge in [-0.2, -0.15) is 4.98 Å². The molecule has 0 atom stereocenters. The van der Waals surface area contributed by atoms with Crippen molar-refractivity contribution in [3.8, 4) is 11.6 Å². The fourth-order valence-electron chi connectivity index (χ4n) is 3.83. The van der Waals surface area contributed by atoms with Gasteiger partial charge in [-0.1, -0.05) is 6.07 Å². The molecule has 2 aromatic rings. The Morgan fingerprint density at radius 1 is 1.16 bits per heavy atom. The average molecular weight is 429 g/mol. The molecule has 0 saturated carbocycles. The third kappa shape index (κ3) is 4.66. The molecular formula is C20H23N5O6. The summed E-state index contributed by atoms with van der Waals surface area (Å²) in [5, 5.41) is 21.0. The molecule has 0 aliphatic carbocycles. The van der Waals surface area contributed by atoms with E-state index in [0.717, 1.165) is 18.8 Å². The molecule has 2 saturated heterocycles. The number of nitrogens with zero attached hydrogens (tertiary/aromatic N) is 5. The molecular weight excluding hydrogens is 406 g/mol. The first-order valence-electron chi connectivity index (χ1n) is 10.1. The molecule has 0 spiro atoms. The Balaban J connectivity index is 1.57. The van der Waals surface area contributed by atoms with E-state index in [-0.39, 0.29) is 17.4 Å². The zero-order valence-corrected chi connectivity index (χ0v) is 16.8. The van der Waals surface area contributed by atoms with Crippen molar-refractivity contribution in [2.45, 2.75) is 12.8 Å². The van der Waals surface area contributed by atoms with Gasteiger partial charge >= 0.3 is 17.5 Å². The van der Waals surface area contributed by atoms with Crippen LogP contribution in [-0.4, -0.2) is 65.4 Å². The number of hydrogen-bond donors (Lipinski definition) is 1. The Labute approximate surface area is 178 Å². The summed E-state index contributed by atoms with van der Waals surface area (Å²) in [5.41, 5.74) is 0.613. The van der Waals surface area contributed by atoms with Gasteiger partial charge < -0.3 is 24.4 Å². The zero-order valence-electron chi connectivity index (χ0n) is 16.8. The standard InChI is InChI=1S/C20H23N5O6/c26-20(27)14-4-6-24(7-5-14)18-17(25(28)29)19(22-13-21-18)31-16-3-1-2-15(12-16)23-8-10-30-11-9-23/h1-3,12-14H,4-11H2,(H,26,27). The molecule has 1 aromatic carbocycles. The summed E-state index contributed by atoms with van der Waals surface area (Å²) in [6.07, 6.45) is 2.02. The Morgan fingerprint density at radius 3 is 2.58 bits per heavy atom. The molecule has 2 aliphatic heterocycles. The predicted octanol–water partition coefficient (Wildman–Crippen LogP) is 2.31.